The monoisotopic (exact) mass is 416 g/mol. The summed E-state index contributed by atoms with van der Waals surface area (Å²) in [6, 6.07) is 17.4. The van der Waals surface area contributed by atoms with Crippen molar-refractivity contribution < 1.29 is 4.79 Å². The van der Waals surface area contributed by atoms with Gasteiger partial charge in [0, 0.05) is 24.8 Å². The molecule has 6 heteroatoms. The summed E-state index contributed by atoms with van der Waals surface area (Å²) in [7, 11) is 0. The minimum absolute atomic E-state index is 0.0313. The summed E-state index contributed by atoms with van der Waals surface area (Å²) in [6.45, 7) is 5.91. The molecule has 1 aliphatic rings. The number of nitrogens with one attached hydrogen (secondary N) is 1. The van der Waals surface area contributed by atoms with Gasteiger partial charge in [0.15, 0.2) is 0 Å². The van der Waals surface area contributed by atoms with E-state index in [1.54, 1.807) is 12.3 Å². The third-order valence-electron chi connectivity index (χ3n) is 6.05. The van der Waals surface area contributed by atoms with Crippen molar-refractivity contribution >= 4 is 17.3 Å². The van der Waals surface area contributed by atoms with Gasteiger partial charge >= 0.3 is 0 Å². The molecular formula is C25H28N4O2. The predicted octanol–water partition coefficient (Wildman–Crippen LogP) is 3.76. The van der Waals surface area contributed by atoms with Crippen LogP contribution in [0.15, 0.2) is 65.6 Å². The Morgan fingerprint density at radius 2 is 1.94 bits per heavy atom. The van der Waals surface area contributed by atoms with Crippen molar-refractivity contribution in [3.8, 4) is 0 Å². The normalized spacial score (nSPS) is 16.2. The van der Waals surface area contributed by atoms with E-state index in [-0.39, 0.29) is 17.4 Å². The Morgan fingerprint density at radius 3 is 2.71 bits per heavy atom. The summed E-state index contributed by atoms with van der Waals surface area (Å²) >= 11 is 0. The van der Waals surface area contributed by atoms with Gasteiger partial charge in [0.2, 0.25) is 5.91 Å². The molecule has 31 heavy (non-hydrogen) atoms. The van der Waals surface area contributed by atoms with E-state index in [9.17, 15) is 9.59 Å². The molecule has 4 rings (SSSR count). The van der Waals surface area contributed by atoms with E-state index in [4.69, 9.17) is 0 Å². The molecular weight excluding hydrogens is 388 g/mol. The van der Waals surface area contributed by atoms with E-state index in [2.05, 4.69) is 15.3 Å². The van der Waals surface area contributed by atoms with Crippen molar-refractivity contribution in [2.45, 2.75) is 33.2 Å². The van der Waals surface area contributed by atoms with Crippen LogP contribution in [0.2, 0.25) is 0 Å². The topological polar surface area (TPSA) is 67.2 Å². The molecule has 6 nitrogen and oxygen atoms in total. The molecule has 1 atom stereocenters. The minimum Gasteiger partial charge on any atom is -0.369 e. The first-order valence-corrected chi connectivity index (χ1v) is 10.7. The van der Waals surface area contributed by atoms with E-state index in [0.717, 1.165) is 47.5 Å². The first kappa shape index (κ1) is 20.8. The van der Waals surface area contributed by atoms with Crippen LogP contribution in [-0.4, -0.2) is 28.8 Å². The standard InChI is InChI=1S/C25H28N4O2/c1-18-8-6-12-23(19(18)2)27-25(31)21-11-7-13-28(17-21)22-14-24(30)29(26-15-22)16-20-9-4-3-5-10-20/h3-6,8-10,12,14-15,21H,7,11,13,16-17H2,1-2H3,(H,27,31)/t21-/m0/s1. The van der Waals surface area contributed by atoms with Gasteiger partial charge < -0.3 is 10.2 Å². The number of carbonyl (C=O) groups excluding carboxylic acids is 1. The molecule has 0 spiro atoms. The van der Waals surface area contributed by atoms with Crippen molar-refractivity contribution in [2.24, 2.45) is 5.92 Å². The third kappa shape index (κ3) is 4.85. The van der Waals surface area contributed by atoms with Gasteiger partial charge in [0.25, 0.3) is 5.56 Å². The smallest absolute Gasteiger partial charge is 0.269 e. The molecule has 1 amide bonds. The predicted molar refractivity (Wildman–Crippen MR) is 124 cm³/mol. The summed E-state index contributed by atoms with van der Waals surface area (Å²) < 4.78 is 1.47. The highest BCUT2D eigenvalue weighted by atomic mass is 16.2. The van der Waals surface area contributed by atoms with Crippen LogP contribution in [0.1, 0.15) is 29.5 Å². The number of hydrogen-bond donors (Lipinski definition) is 1. The lowest BCUT2D eigenvalue weighted by molar-refractivity contribution is -0.120. The molecule has 0 saturated carbocycles. The van der Waals surface area contributed by atoms with Crippen LogP contribution in [-0.2, 0) is 11.3 Å². The van der Waals surface area contributed by atoms with Gasteiger partial charge in [-0.15, -0.1) is 0 Å². The molecule has 0 bridgehead atoms. The number of piperidine rings is 1. The molecule has 1 aromatic heterocycles. The Kier molecular flexibility index (Phi) is 6.16. The first-order chi connectivity index (χ1) is 15.0. The van der Waals surface area contributed by atoms with Gasteiger partial charge in [-0.2, -0.15) is 5.10 Å². The molecule has 0 unspecified atom stereocenters. The lowest BCUT2D eigenvalue weighted by Gasteiger charge is -2.33. The van der Waals surface area contributed by atoms with Crippen LogP contribution < -0.4 is 15.8 Å². The van der Waals surface area contributed by atoms with Crippen LogP contribution >= 0.6 is 0 Å². The van der Waals surface area contributed by atoms with Crippen molar-refractivity contribution in [2.75, 3.05) is 23.3 Å². The van der Waals surface area contributed by atoms with E-state index >= 15 is 0 Å². The summed E-state index contributed by atoms with van der Waals surface area (Å²) in [5, 5.41) is 7.46. The van der Waals surface area contributed by atoms with E-state index in [1.807, 2.05) is 62.4 Å². The van der Waals surface area contributed by atoms with E-state index < -0.39 is 0 Å². The lowest BCUT2D eigenvalue weighted by atomic mass is 9.96. The Balaban J connectivity index is 1.44. The second-order valence-corrected chi connectivity index (χ2v) is 8.22. The maximum atomic E-state index is 12.9. The Bertz CT molecular complexity index is 1120. The van der Waals surface area contributed by atoms with Gasteiger partial charge in [-0.25, -0.2) is 4.68 Å². The average Bonchev–Trinajstić information content (AvgIpc) is 2.79. The van der Waals surface area contributed by atoms with Crippen molar-refractivity contribution in [3.05, 3.63) is 87.8 Å². The number of nitrogens with zero attached hydrogens (tertiary/aromatic N) is 3. The number of aromatic nitrogens is 2. The quantitative estimate of drug-likeness (QED) is 0.688. The summed E-state index contributed by atoms with van der Waals surface area (Å²) in [6.07, 6.45) is 3.47. The van der Waals surface area contributed by atoms with Crippen LogP contribution in [0.5, 0.6) is 0 Å². The zero-order valence-corrected chi connectivity index (χ0v) is 18.0. The number of hydrogen-bond acceptors (Lipinski definition) is 4. The molecule has 1 fully saturated rings. The average molecular weight is 417 g/mol. The second-order valence-electron chi connectivity index (χ2n) is 8.22. The van der Waals surface area contributed by atoms with Gasteiger partial charge in [-0.1, -0.05) is 42.5 Å². The molecule has 1 aliphatic heterocycles. The minimum atomic E-state index is -0.136. The lowest BCUT2D eigenvalue weighted by Crippen LogP contribution is -2.41. The highest BCUT2D eigenvalue weighted by Gasteiger charge is 2.27. The molecule has 3 aromatic rings. The summed E-state index contributed by atoms with van der Waals surface area (Å²) in [5.74, 6) is -0.0933. The molecule has 2 heterocycles. The fourth-order valence-electron chi connectivity index (χ4n) is 4.02. The van der Waals surface area contributed by atoms with Crippen molar-refractivity contribution in [1.29, 1.82) is 0 Å². The number of amides is 1. The first-order valence-electron chi connectivity index (χ1n) is 10.7. The van der Waals surface area contributed by atoms with Gasteiger partial charge in [0.05, 0.1) is 24.3 Å². The number of anilines is 2. The van der Waals surface area contributed by atoms with E-state index in [1.165, 1.54) is 4.68 Å². The largest absolute Gasteiger partial charge is 0.369 e. The zero-order valence-electron chi connectivity index (χ0n) is 18.0. The fourth-order valence-corrected chi connectivity index (χ4v) is 4.02. The van der Waals surface area contributed by atoms with Gasteiger partial charge in [-0.3, -0.25) is 9.59 Å². The van der Waals surface area contributed by atoms with Crippen LogP contribution in [0, 0.1) is 19.8 Å². The van der Waals surface area contributed by atoms with Gasteiger partial charge in [-0.05, 0) is 49.4 Å². The maximum absolute atomic E-state index is 12.9. The Hall–Kier alpha value is -3.41. The summed E-state index contributed by atoms with van der Waals surface area (Å²) in [4.78, 5) is 27.6. The molecule has 1 saturated heterocycles. The van der Waals surface area contributed by atoms with Crippen molar-refractivity contribution in [1.82, 2.24) is 9.78 Å². The molecule has 0 aliphatic carbocycles. The van der Waals surface area contributed by atoms with Gasteiger partial charge in [0.1, 0.15) is 0 Å². The number of aryl methyl sites for hydroxylation is 1. The molecule has 160 valence electrons. The SMILES string of the molecule is Cc1cccc(NC(=O)[C@H]2CCCN(c3cnn(Cc4ccccc4)c(=O)c3)C2)c1C. The fraction of sp³-hybridized carbons (Fsp3) is 0.320. The zero-order chi connectivity index (χ0) is 21.8. The molecule has 1 N–H and O–H groups in total. The number of rotatable bonds is 5. The second kappa shape index (κ2) is 9.16. The highest BCUT2D eigenvalue weighted by molar-refractivity contribution is 5.93. The molecule has 0 radical (unpaired) electrons. The Labute approximate surface area is 182 Å². The highest BCUT2D eigenvalue weighted by Crippen LogP contribution is 2.24. The van der Waals surface area contributed by atoms with E-state index in [0.29, 0.717) is 13.1 Å². The van der Waals surface area contributed by atoms with Crippen LogP contribution in [0.25, 0.3) is 0 Å². The van der Waals surface area contributed by atoms with Crippen LogP contribution in [0.3, 0.4) is 0 Å². The number of carbonyl (C=O) groups is 1. The van der Waals surface area contributed by atoms with Crippen molar-refractivity contribution in [3.63, 3.8) is 0 Å². The maximum Gasteiger partial charge on any atom is 0.269 e. The number of benzene rings is 2. The third-order valence-corrected chi connectivity index (χ3v) is 6.05. The summed E-state index contributed by atoms with van der Waals surface area (Å²) in [5.41, 5.74) is 4.79. The van der Waals surface area contributed by atoms with Crippen LogP contribution in [0.4, 0.5) is 11.4 Å². The Morgan fingerprint density at radius 1 is 1.13 bits per heavy atom. The molecule has 2 aromatic carbocycles.